The van der Waals surface area contributed by atoms with Crippen molar-refractivity contribution in [2.45, 2.75) is 12.8 Å². The molecule has 1 aromatic heterocycles. The summed E-state index contributed by atoms with van der Waals surface area (Å²) in [6.07, 6.45) is 1.31. The van der Waals surface area contributed by atoms with E-state index in [1.54, 1.807) is 12.1 Å². The number of nitrogens with two attached hydrogens (primary N) is 1. The first-order valence-electron chi connectivity index (χ1n) is 9.15. The van der Waals surface area contributed by atoms with Crippen LogP contribution in [0.3, 0.4) is 0 Å². The summed E-state index contributed by atoms with van der Waals surface area (Å²) in [5.74, 6) is 2.53. The Labute approximate surface area is 167 Å². The number of guanidine groups is 1. The van der Waals surface area contributed by atoms with Crippen molar-refractivity contribution >= 4 is 23.6 Å². The van der Waals surface area contributed by atoms with Gasteiger partial charge in [-0.15, -0.1) is 11.8 Å². The zero-order valence-corrected chi connectivity index (χ0v) is 16.2. The lowest BCUT2D eigenvalue weighted by Crippen LogP contribution is -2.34. The number of aryl methyl sites for hydroxylation is 2. The Morgan fingerprint density at radius 3 is 2.79 bits per heavy atom. The zero-order valence-electron chi connectivity index (χ0n) is 15.3. The normalized spacial score (nSPS) is 14.6. The van der Waals surface area contributed by atoms with Gasteiger partial charge in [-0.05, 0) is 30.0 Å². The number of halogens is 1. The largest absolute Gasteiger partial charge is 0.369 e. The summed E-state index contributed by atoms with van der Waals surface area (Å²) in [5, 5.41) is 4.04. The van der Waals surface area contributed by atoms with Crippen LogP contribution in [0.25, 0.3) is 11.1 Å². The summed E-state index contributed by atoms with van der Waals surface area (Å²) in [6, 6.07) is 16.7. The van der Waals surface area contributed by atoms with Crippen molar-refractivity contribution in [1.29, 1.82) is 0 Å². The minimum absolute atomic E-state index is 0.217. The lowest BCUT2D eigenvalue weighted by atomic mass is 10.0. The first-order chi connectivity index (χ1) is 13.7. The predicted octanol–water partition coefficient (Wildman–Crippen LogP) is 4.22. The van der Waals surface area contributed by atoms with Gasteiger partial charge < -0.3 is 15.2 Å². The van der Waals surface area contributed by atoms with E-state index in [1.807, 2.05) is 59.1 Å². The maximum Gasteiger partial charge on any atom is 0.253 e. The van der Waals surface area contributed by atoms with Gasteiger partial charge in [0.25, 0.3) is 5.88 Å². The van der Waals surface area contributed by atoms with Crippen LogP contribution in [-0.4, -0.2) is 34.2 Å². The minimum atomic E-state index is -0.217. The van der Waals surface area contributed by atoms with Gasteiger partial charge >= 0.3 is 0 Å². The number of thioether (sulfide) groups is 1. The van der Waals surface area contributed by atoms with Gasteiger partial charge in [0.15, 0.2) is 5.96 Å². The summed E-state index contributed by atoms with van der Waals surface area (Å²) in [6.45, 7) is 0.894. The fourth-order valence-electron chi connectivity index (χ4n) is 3.09. The molecular formula is C21H21FN4OS. The maximum atomic E-state index is 14.5. The van der Waals surface area contributed by atoms with Crippen molar-refractivity contribution in [3.05, 3.63) is 71.7 Å². The molecule has 2 aromatic carbocycles. The summed E-state index contributed by atoms with van der Waals surface area (Å²) >= 11 is 1.82. The smallest absolute Gasteiger partial charge is 0.253 e. The molecule has 0 saturated carbocycles. The Bertz CT molecular complexity index is 968. The summed E-state index contributed by atoms with van der Waals surface area (Å²) < 4.78 is 19.7. The summed E-state index contributed by atoms with van der Waals surface area (Å²) in [4.78, 5) is 6.30. The second-order valence-corrected chi connectivity index (χ2v) is 7.68. The monoisotopic (exact) mass is 396 g/mol. The van der Waals surface area contributed by atoms with Gasteiger partial charge in [-0.25, -0.2) is 4.39 Å². The number of rotatable bonds is 5. The molecule has 0 bridgehead atoms. The summed E-state index contributed by atoms with van der Waals surface area (Å²) in [5.41, 5.74) is 9.17. The molecule has 0 unspecified atom stereocenters. The Kier molecular flexibility index (Phi) is 5.62. The number of hydrogen-bond donors (Lipinski definition) is 1. The molecule has 0 amide bonds. The standard InChI is InChI=1S/C21H21FN4OS/c22-19-12-15(7-9-18(19)16-4-2-1-3-5-16)6-8-17-13-20(27-25-17)24-21(23)26-10-11-28-14-26/h1-5,7,9,12-13H,6,8,10-11,14H2,(H2,23,24). The van der Waals surface area contributed by atoms with Gasteiger partial charge in [0.1, 0.15) is 5.82 Å². The number of aliphatic imine (C=N–C) groups is 1. The zero-order chi connectivity index (χ0) is 19.3. The average molecular weight is 396 g/mol. The number of aromatic nitrogens is 1. The average Bonchev–Trinajstić information content (AvgIpc) is 3.39. The Morgan fingerprint density at radius 1 is 1.18 bits per heavy atom. The number of hydrogen-bond acceptors (Lipinski definition) is 4. The highest BCUT2D eigenvalue weighted by Gasteiger charge is 2.15. The molecule has 1 saturated heterocycles. The molecular weight excluding hydrogens is 375 g/mol. The second-order valence-electron chi connectivity index (χ2n) is 6.61. The first-order valence-corrected chi connectivity index (χ1v) is 10.3. The van der Waals surface area contributed by atoms with E-state index in [9.17, 15) is 4.39 Å². The predicted molar refractivity (Wildman–Crippen MR) is 111 cm³/mol. The molecule has 0 atom stereocenters. The van der Waals surface area contributed by atoms with E-state index in [-0.39, 0.29) is 5.82 Å². The molecule has 0 radical (unpaired) electrons. The fraction of sp³-hybridized carbons (Fsp3) is 0.238. The van der Waals surface area contributed by atoms with E-state index in [0.717, 1.165) is 35.0 Å². The van der Waals surface area contributed by atoms with Crippen molar-refractivity contribution in [3.63, 3.8) is 0 Å². The number of benzene rings is 2. The van der Waals surface area contributed by atoms with Crippen LogP contribution in [0.15, 0.2) is 64.1 Å². The van der Waals surface area contributed by atoms with Gasteiger partial charge in [-0.1, -0.05) is 47.6 Å². The van der Waals surface area contributed by atoms with E-state index >= 15 is 0 Å². The molecule has 28 heavy (non-hydrogen) atoms. The molecule has 4 rings (SSSR count). The molecule has 1 fully saturated rings. The highest BCUT2D eigenvalue weighted by atomic mass is 32.2. The van der Waals surface area contributed by atoms with E-state index < -0.39 is 0 Å². The third kappa shape index (κ3) is 4.36. The van der Waals surface area contributed by atoms with Crippen molar-refractivity contribution in [2.75, 3.05) is 18.2 Å². The van der Waals surface area contributed by atoms with Crippen LogP contribution in [0.4, 0.5) is 10.3 Å². The highest BCUT2D eigenvalue weighted by molar-refractivity contribution is 7.99. The lowest BCUT2D eigenvalue weighted by molar-refractivity contribution is 0.419. The first kappa shape index (κ1) is 18.6. The maximum absolute atomic E-state index is 14.5. The quantitative estimate of drug-likeness (QED) is 0.517. The number of nitrogens with zero attached hydrogens (tertiary/aromatic N) is 3. The Morgan fingerprint density at radius 2 is 2.04 bits per heavy atom. The van der Waals surface area contributed by atoms with Gasteiger partial charge in [0.05, 0.1) is 11.6 Å². The van der Waals surface area contributed by atoms with E-state index in [0.29, 0.717) is 30.2 Å². The van der Waals surface area contributed by atoms with Crippen LogP contribution < -0.4 is 5.73 Å². The van der Waals surface area contributed by atoms with Crippen molar-refractivity contribution < 1.29 is 8.91 Å². The third-order valence-corrected chi connectivity index (χ3v) is 5.60. The van der Waals surface area contributed by atoms with Crippen LogP contribution >= 0.6 is 11.8 Å². The van der Waals surface area contributed by atoms with Crippen molar-refractivity contribution in [1.82, 2.24) is 10.1 Å². The minimum Gasteiger partial charge on any atom is -0.369 e. The van der Waals surface area contributed by atoms with E-state index in [1.165, 1.54) is 0 Å². The third-order valence-electron chi connectivity index (χ3n) is 4.64. The van der Waals surface area contributed by atoms with Crippen LogP contribution in [-0.2, 0) is 12.8 Å². The van der Waals surface area contributed by atoms with Gasteiger partial charge in [-0.2, -0.15) is 4.99 Å². The Hall–Kier alpha value is -2.80. The van der Waals surface area contributed by atoms with Crippen LogP contribution in [0.5, 0.6) is 0 Å². The molecule has 2 heterocycles. The molecule has 3 aromatic rings. The SMILES string of the molecule is NC(=Nc1cc(CCc2ccc(-c3ccccc3)c(F)c2)no1)N1CCSC1. The van der Waals surface area contributed by atoms with Gasteiger partial charge in [0, 0.05) is 23.9 Å². The Balaban J connectivity index is 1.39. The second kappa shape index (κ2) is 8.48. The molecule has 7 heteroatoms. The highest BCUT2D eigenvalue weighted by Crippen LogP contribution is 2.24. The van der Waals surface area contributed by atoms with Crippen LogP contribution in [0.2, 0.25) is 0 Å². The van der Waals surface area contributed by atoms with Crippen molar-refractivity contribution in [3.8, 4) is 11.1 Å². The van der Waals surface area contributed by atoms with Crippen LogP contribution in [0.1, 0.15) is 11.3 Å². The van der Waals surface area contributed by atoms with E-state index in [2.05, 4.69) is 10.1 Å². The lowest BCUT2D eigenvalue weighted by Gasteiger charge is -2.13. The topological polar surface area (TPSA) is 67.6 Å². The molecule has 1 aliphatic heterocycles. The molecule has 5 nitrogen and oxygen atoms in total. The van der Waals surface area contributed by atoms with Gasteiger partial charge in [0.2, 0.25) is 0 Å². The summed E-state index contributed by atoms with van der Waals surface area (Å²) in [7, 11) is 0. The molecule has 1 aliphatic rings. The molecule has 0 aliphatic carbocycles. The van der Waals surface area contributed by atoms with Crippen molar-refractivity contribution in [2.24, 2.45) is 10.7 Å². The van der Waals surface area contributed by atoms with Crippen LogP contribution in [0, 0.1) is 5.82 Å². The van der Waals surface area contributed by atoms with Gasteiger partial charge in [-0.3, -0.25) is 0 Å². The molecule has 2 N–H and O–H groups in total. The molecule has 144 valence electrons. The molecule has 0 spiro atoms. The fourth-order valence-corrected chi connectivity index (χ4v) is 4.05. The van der Waals surface area contributed by atoms with E-state index in [4.69, 9.17) is 10.3 Å².